The van der Waals surface area contributed by atoms with E-state index in [1.807, 2.05) is 0 Å². The van der Waals surface area contributed by atoms with Crippen LogP contribution in [0.15, 0.2) is 18.2 Å². The van der Waals surface area contributed by atoms with Crippen LogP contribution in [0.5, 0.6) is 6.01 Å². The number of piperazine rings is 1. The van der Waals surface area contributed by atoms with E-state index in [0.29, 0.717) is 36.5 Å². The van der Waals surface area contributed by atoms with Crippen molar-refractivity contribution < 1.29 is 13.5 Å². The topological polar surface area (TPSA) is 92.4 Å². The molecule has 39 heavy (non-hydrogen) atoms. The first-order valence-electron chi connectivity index (χ1n) is 13.3. The van der Waals surface area contributed by atoms with Gasteiger partial charge in [0.1, 0.15) is 23.8 Å². The number of nitrogens with zero attached hydrogens (tertiary/aromatic N) is 5. The average Bonchev–Trinajstić information content (AvgIpc) is 3.63. The fourth-order valence-corrected chi connectivity index (χ4v) is 7.50. The summed E-state index contributed by atoms with van der Waals surface area (Å²) in [6, 6.07) is 4.61. The molecule has 2 aromatic heterocycles. The van der Waals surface area contributed by atoms with Gasteiger partial charge in [-0.25, -0.2) is 13.8 Å². The number of nitrogens with one attached hydrogen (secondary N) is 1. The molecule has 204 valence electrons. The third-order valence-electron chi connectivity index (χ3n) is 8.32. The Kier molecular flexibility index (Phi) is 6.22. The molecule has 0 bridgehead atoms. The van der Waals surface area contributed by atoms with E-state index in [1.165, 1.54) is 12.1 Å². The molecule has 0 unspecified atom stereocenters. The second-order valence-electron chi connectivity index (χ2n) is 10.5. The van der Waals surface area contributed by atoms with Gasteiger partial charge < -0.3 is 20.7 Å². The van der Waals surface area contributed by atoms with Crippen LogP contribution in [0.3, 0.4) is 0 Å². The Morgan fingerprint density at radius 3 is 2.59 bits per heavy atom. The van der Waals surface area contributed by atoms with Crippen LogP contribution < -0.4 is 20.7 Å². The van der Waals surface area contributed by atoms with Crippen LogP contribution in [0, 0.1) is 11.6 Å². The van der Waals surface area contributed by atoms with Crippen LogP contribution in [0.25, 0.3) is 32.2 Å². The van der Waals surface area contributed by atoms with E-state index >= 15 is 4.39 Å². The Labute approximate surface area is 233 Å². The highest BCUT2D eigenvalue weighted by Gasteiger charge is 2.45. The zero-order chi connectivity index (χ0) is 26.7. The predicted octanol–water partition coefficient (Wildman–Crippen LogP) is 4.84. The summed E-state index contributed by atoms with van der Waals surface area (Å²) >= 11 is 7.75. The molecule has 3 aliphatic heterocycles. The number of fused-ring (bicyclic) bond motifs is 3. The lowest BCUT2D eigenvalue weighted by Crippen LogP contribution is -2.44. The van der Waals surface area contributed by atoms with E-state index in [0.717, 1.165) is 63.2 Å². The van der Waals surface area contributed by atoms with Crippen molar-refractivity contribution >= 4 is 55.0 Å². The molecule has 0 atom stereocenters. The fourth-order valence-electron chi connectivity index (χ4n) is 6.44. The van der Waals surface area contributed by atoms with Gasteiger partial charge in [-0.15, -0.1) is 0 Å². The lowest BCUT2D eigenvalue weighted by atomic mass is 9.95. The molecule has 0 saturated carbocycles. The van der Waals surface area contributed by atoms with Crippen molar-refractivity contribution in [2.45, 2.75) is 31.2 Å². The molecule has 4 aromatic rings. The van der Waals surface area contributed by atoms with Gasteiger partial charge in [0.25, 0.3) is 0 Å². The molecule has 0 spiro atoms. The summed E-state index contributed by atoms with van der Waals surface area (Å²) in [5.74, 6) is -0.494. The Morgan fingerprint density at radius 2 is 1.82 bits per heavy atom. The maximum Gasteiger partial charge on any atom is 0.319 e. The highest BCUT2D eigenvalue weighted by atomic mass is 35.5. The molecule has 12 heteroatoms. The Bertz CT molecular complexity index is 1580. The molecule has 3 saturated heterocycles. The number of hydrogen-bond acceptors (Lipinski definition) is 9. The van der Waals surface area contributed by atoms with Gasteiger partial charge >= 0.3 is 6.01 Å². The molecule has 0 radical (unpaired) electrons. The maximum absolute atomic E-state index is 16.5. The van der Waals surface area contributed by atoms with E-state index in [2.05, 4.69) is 25.1 Å². The monoisotopic (exact) mass is 571 g/mol. The van der Waals surface area contributed by atoms with Crippen molar-refractivity contribution in [1.82, 2.24) is 25.2 Å². The van der Waals surface area contributed by atoms with Gasteiger partial charge in [-0.3, -0.25) is 4.90 Å². The van der Waals surface area contributed by atoms with Crippen molar-refractivity contribution in [3.8, 4) is 17.1 Å². The first kappa shape index (κ1) is 25.1. The van der Waals surface area contributed by atoms with Gasteiger partial charge in [0, 0.05) is 42.7 Å². The number of aromatic nitrogens is 3. The third kappa shape index (κ3) is 4.18. The van der Waals surface area contributed by atoms with Crippen molar-refractivity contribution in [2.24, 2.45) is 0 Å². The molecule has 0 amide bonds. The Balaban J connectivity index is 1.37. The number of rotatable bonds is 5. The summed E-state index contributed by atoms with van der Waals surface area (Å²) in [6.45, 7) is 5.62. The maximum atomic E-state index is 16.5. The molecule has 8 nitrogen and oxygen atoms in total. The summed E-state index contributed by atoms with van der Waals surface area (Å²) in [6.07, 6.45) is 4.46. The van der Waals surface area contributed by atoms with Gasteiger partial charge in [0.15, 0.2) is 10.9 Å². The van der Waals surface area contributed by atoms with E-state index in [4.69, 9.17) is 27.1 Å². The van der Waals surface area contributed by atoms with Crippen molar-refractivity contribution in [1.29, 1.82) is 0 Å². The first-order valence-corrected chi connectivity index (χ1v) is 14.5. The van der Waals surface area contributed by atoms with Crippen LogP contribution >= 0.6 is 22.9 Å². The molecule has 7 rings (SSSR count). The standard InChI is InChI=1S/C27H28ClF2N7OS/c28-17-13-16-21(20(30)19(17)15-3-4-18(29)23-22(15)33-25(31)39-23)34-26(35-24(16)36-11-7-32-8-12-36)38-14-27-5-1-9-37(27)10-2-6-27/h3-4,13,32H,1-2,5-12,14H2,(H2,31,33). The number of benzene rings is 2. The molecule has 0 aliphatic carbocycles. The average molecular weight is 572 g/mol. The van der Waals surface area contributed by atoms with Crippen LogP contribution in [-0.2, 0) is 0 Å². The van der Waals surface area contributed by atoms with Crippen LogP contribution in [0.1, 0.15) is 25.7 Å². The number of anilines is 2. The van der Waals surface area contributed by atoms with Gasteiger partial charge in [-0.05, 0) is 57.0 Å². The summed E-state index contributed by atoms with van der Waals surface area (Å²) in [5.41, 5.74) is 6.73. The Morgan fingerprint density at radius 1 is 1.05 bits per heavy atom. The lowest BCUT2D eigenvalue weighted by Gasteiger charge is -2.32. The molecule has 3 aliphatic rings. The number of halogens is 3. The molecular formula is C27H28ClF2N7OS. The van der Waals surface area contributed by atoms with Gasteiger partial charge in [0.2, 0.25) is 0 Å². The predicted molar refractivity (Wildman–Crippen MR) is 151 cm³/mol. The highest BCUT2D eigenvalue weighted by molar-refractivity contribution is 7.22. The number of nitrogens with two attached hydrogens (primary N) is 1. The largest absolute Gasteiger partial charge is 0.461 e. The number of thiazole rings is 1. The Hall–Kier alpha value is -2.86. The van der Waals surface area contributed by atoms with Gasteiger partial charge in [-0.1, -0.05) is 22.9 Å². The van der Waals surface area contributed by atoms with Crippen LogP contribution in [0.4, 0.5) is 19.7 Å². The van der Waals surface area contributed by atoms with E-state index < -0.39 is 11.6 Å². The molecule has 3 fully saturated rings. The fraction of sp³-hybridized carbons (Fsp3) is 0.444. The number of hydrogen-bond donors (Lipinski definition) is 2. The molecular weight excluding hydrogens is 544 g/mol. The normalized spacial score (nSPS) is 19.3. The van der Waals surface area contributed by atoms with Crippen LogP contribution in [-0.4, -0.2) is 71.3 Å². The van der Waals surface area contributed by atoms with E-state index in [-0.39, 0.29) is 43.0 Å². The highest BCUT2D eigenvalue weighted by Crippen LogP contribution is 2.43. The minimum atomic E-state index is -0.623. The quantitative estimate of drug-likeness (QED) is 0.352. The summed E-state index contributed by atoms with van der Waals surface area (Å²) < 4.78 is 37.5. The lowest BCUT2D eigenvalue weighted by molar-refractivity contribution is 0.108. The van der Waals surface area contributed by atoms with Crippen molar-refractivity contribution in [3.05, 3.63) is 34.9 Å². The van der Waals surface area contributed by atoms with E-state index in [9.17, 15) is 4.39 Å². The van der Waals surface area contributed by atoms with Gasteiger partial charge in [-0.2, -0.15) is 9.97 Å². The first-order chi connectivity index (χ1) is 18.9. The smallest absolute Gasteiger partial charge is 0.319 e. The van der Waals surface area contributed by atoms with E-state index in [1.54, 1.807) is 6.07 Å². The van der Waals surface area contributed by atoms with Crippen molar-refractivity contribution in [2.75, 3.05) is 56.5 Å². The second-order valence-corrected chi connectivity index (χ2v) is 12.0. The summed E-state index contributed by atoms with van der Waals surface area (Å²) in [7, 11) is 0. The zero-order valence-corrected chi connectivity index (χ0v) is 22.8. The zero-order valence-electron chi connectivity index (χ0n) is 21.3. The second kappa shape index (κ2) is 9.65. The third-order valence-corrected chi connectivity index (χ3v) is 9.51. The summed E-state index contributed by atoms with van der Waals surface area (Å²) in [5, 5.41) is 4.21. The molecule has 3 N–H and O–H groups in total. The summed E-state index contributed by atoms with van der Waals surface area (Å²) in [4.78, 5) is 18.3. The minimum absolute atomic E-state index is 0.00148. The van der Waals surface area contributed by atoms with Gasteiger partial charge in [0.05, 0.1) is 20.8 Å². The van der Waals surface area contributed by atoms with Crippen molar-refractivity contribution in [3.63, 3.8) is 0 Å². The van der Waals surface area contributed by atoms with Crippen LogP contribution in [0.2, 0.25) is 5.02 Å². The number of ether oxygens (including phenoxy) is 1. The molecule has 2 aromatic carbocycles. The molecule has 5 heterocycles. The number of nitrogen functional groups attached to an aromatic ring is 1. The SMILES string of the molecule is Nc1nc2c(-c3c(Cl)cc4c(N5CCNCC5)nc(OCC56CCCN5CCC6)nc4c3F)ccc(F)c2s1. The minimum Gasteiger partial charge on any atom is -0.461 e.